The van der Waals surface area contributed by atoms with Crippen molar-refractivity contribution < 1.29 is 17.9 Å². The molecule has 0 fully saturated rings. The second-order valence-corrected chi connectivity index (χ2v) is 7.08. The highest BCUT2D eigenvalue weighted by molar-refractivity contribution is 7.91. The van der Waals surface area contributed by atoms with E-state index in [2.05, 4.69) is 9.71 Å². The summed E-state index contributed by atoms with van der Waals surface area (Å²) in [5, 5.41) is 0. The fourth-order valence-electron chi connectivity index (χ4n) is 1.49. The van der Waals surface area contributed by atoms with Crippen molar-refractivity contribution in [2.45, 2.75) is 24.0 Å². The topological polar surface area (TPSA) is 97.5 Å². The van der Waals surface area contributed by atoms with Gasteiger partial charge in [0.25, 0.3) is 10.0 Å². The van der Waals surface area contributed by atoms with E-state index in [0.717, 1.165) is 6.42 Å². The molecule has 1 aromatic rings. The Hall–Kier alpha value is -0.740. The van der Waals surface area contributed by atoms with Gasteiger partial charge in [-0.1, -0.05) is 11.3 Å². The monoisotopic (exact) mass is 324 g/mol. The average Bonchev–Trinajstić information content (AvgIpc) is 2.72. The number of methoxy groups -OCH3 is 1. The van der Waals surface area contributed by atoms with Gasteiger partial charge in [0.05, 0.1) is 13.2 Å². The summed E-state index contributed by atoms with van der Waals surface area (Å²) in [5.74, 6) is 0. The van der Waals surface area contributed by atoms with Gasteiger partial charge >= 0.3 is 4.87 Å². The lowest BCUT2D eigenvalue weighted by Crippen LogP contribution is -2.25. The Morgan fingerprint density at radius 1 is 1.25 bits per heavy atom. The Morgan fingerprint density at radius 2 is 2.00 bits per heavy atom. The van der Waals surface area contributed by atoms with Gasteiger partial charge in [0.1, 0.15) is 0 Å². The molecule has 0 aliphatic rings. The third kappa shape index (κ3) is 5.71. The van der Waals surface area contributed by atoms with Crippen LogP contribution >= 0.6 is 11.3 Å². The van der Waals surface area contributed by atoms with Gasteiger partial charge in [-0.2, -0.15) is 0 Å². The quantitative estimate of drug-likeness (QED) is 0.610. The van der Waals surface area contributed by atoms with Crippen LogP contribution in [-0.4, -0.2) is 46.9 Å². The van der Waals surface area contributed by atoms with Crippen molar-refractivity contribution in [2.24, 2.45) is 0 Å². The van der Waals surface area contributed by atoms with Crippen molar-refractivity contribution in [3.8, 4) is 0 Å². The zero-order valence-corrected chi connectivity index (χ0v) is 13.2. The summed E-state index contributed by atoms with van der Waals surface area (Å²) in [4.78, 5) is 13.2. The van der Waals surface area contributed by atoms with Crippen LogP contribution in [0.2, 0.25) is 0 Å². The number of hydrogen-bond acceptors (Lipinski definition) is 6. The molecule has 2 N–H and O–H groups in total. The molecule has 0 unspecified atom stereocenters. The predicted octanol–water partition coefficient (Wildman–Crippen LogP) is 0.466. The Kier molecular flexibility index (Phi) is 7.38. The minimum atomic E-state index is -3.60. The molecular weight excluding hydrogens is 304 g/mol. The van der Waals surface area contributed by atoms with Crippen LogP contribution in [0.25, 0.3) is 0 Å². The molecule has 116 valence electrons. The highest BCUT2D eigenvalue weighted by Crippen LogP contribution is 2.15. The third-order valence-electron chi connectivity index (χ3n) is 2.46. The SMILES string of the molecule is COCCOCCCCNS(=O)(=O)c1sc(=O)[nH]c1C. The average molecular weight is 324 g/mol. The zero-order valence-electron chi connectivity index (χ0n) is 11.6. The van der Waals surface area contributed by atoms with Crippen molar-refractivity contribution in [2.75, 3.05) is 33.5 Å². The van der Waals surface area contributed by atoms with E-state index < -0.39 is 10.0 Å². The number of ether oxygens (including phenoxy) is 2. The van der Waals surface area contributed by atoms with Gasteiger partial charge < -0.3 is 14.5 Å². The Balaban J connectivity index is 2.27. The third-order valence-corrected chi connectivity index (χ3v) is 5.53. The van der Waals surface area contributed by atoms with E-state index in [1.807, 2.05) is 0 Å². The number of aromatic amines is 1. The van der Waals surface area contributed by atoms with E-state index in [0.29, 0.717) is 49.8 Å². The number of aryl methyl sites for hydroxylation is 1. The van der Waals surface area contributed by atoms with Crippen molar-refractivity contribution >= 4 is 21.4 Å². The Bertz CT molecular complexity index is 549. The second-order valence-electron chi connectivity index (χ2n) is 4.14. The summed E-state index contributed by atoms with van der Waals surface area (Å²) in [6.07, 6.45) is 1.43. The van der Waals surface area contributed by atoms with E-state index in [1.165, 1.54) is 0 Å². The first-order chi connectivity index (χ1) is 9.47. The van der Waals surface area contributed by atoms with E-state index in [-0.39, 0.29) is 9.08 Å². The number of rotatable bonds is 10. The molecule has 7 nitrogen and oxygen atoms in total. The van der Waals surface area contributed by atoms with Crippen LogP contribution in [0.15, 0.2) is 9.00 Å². The van der Waals surface area contributed by atoms with E-state index in [1.54, 1.807) is 14.0 Å². The minimum Gasteiger partial charge on any atom is -0.382 e. The molecule has 0 radical (unpaired) electrons. The molecule has 0 aliphatic heterocycles. The van der Waals surface area contributed by atoms with Gasteiger partial charge in [-0.05, 0) is 19.8 Å². The molecule has 0 bridgehead atoms. The Morgan fingerprint density at radius 3 is 2.60 bits per heavy atom. The number of sulfonamides is 1. The van der Waals surface area contributed by atoms with Crippen LogP contribution in [0.1, 0.15) is 18.5 Å². The molecule has 20 heavy (non-hydrogen) atoms. The number of nitrogens with one attached hydrogen (secondary N) is 2. The minimum absolute atomic E-state index is 0.0545. The van der Waals surface area contributed by atoms with E-state index in [9.17, 15) is 13.2 Å². The lowest BCUT2D eigenvalue weighted by Gasteiger charge is -2.06. The molecule has 0 aromatic carbocycles. The number of unbranched alkanes of at least 4 members (excludes halogenated alkanes) is 1. The summed E-state index contributed by atoms with van der Waals surface area (Å²) < 4.78 is 36.5. The van der Waals surface area contributed by atoms with Gasteiger partial charge in [0.15, 0.2) is 4.21 Å². The van der Waals surface area contributed by atoms with Gasteiger partial charge in [0.2, 0.25) is 0 Å². The molecule has 1 rings (SSSR count). The first kappa shape index (κ1) is 17.3. The van der Waals surface area contributed by atoms with Crippen molar-refractivity contribution in [3.05, 3.63) is 15.4 Å². The van der Waals surface area contributed by atoms with Crippen LogP contribution in [0.5, 0.6) is 0 Å². The maximum Gasteiger partial charge on any atom is 0.305 e. The molecule has 0 amide bonds. The maximum absolute atomic E-state index is 11.9. The highest BCUT2D eigenvalue weighted by atomic mass is 32.2. The zero-order chi connectivity index (χ0) is 15.0. The molecule has 1 heterocycles. The molecular formula is C11H20N2O5S2. The van der Waals surface area contributed by atoms with Crippen molar-refractivity contribution in [1.29, 1.82) is 0 Å². The molecule has 0 saturated heterocycles. The molecule has 1 aromatic heterocycles. The standard InChI is InChI=1S/C11H20N2O5S2/c1-9-10(19-11(14)13-9)20(15,16)12-5-3-4-6-18-8-7-17-2/h12H,3-8H2,1-2H3,(H,13,14). The number of aromatic nitrogens is 1. The normalized spacial score (nSPS) is 11.9. The fraction of sp³-hybridized carbons (Fsp3) is 0.727. The summed E-state index contributed by atoms with van der Waals surface area (Å²) in [6, 6.07) is 0. The summed E-state index contributed by atoms with van der Waals surface area (Å²) in [5.41, 5.74) is 0.371. The van der Waals surface area contributed by atoms with Gasteiger partial charge in [-0.25, -0.2) is 13.1 Å². The highest BCUT2D eigenvalue weighted by Gasteiger charge is 2.19. The largest absolute Gasteiger partial charge is 0.382 e. The molecule has 0 saturated carbocycles. The fourth-order valence-corrected chi connectivity index (χ4v) is 3.91. The van der Waals surface area contributed by atoms with Crippen molar-refractivity contribution in [1.82, 2.24) is 9.71 Å². The first-order valence-electron chi connectivity index (χ1n) is 6.23. The molecule has 0 atom stereocenters. The van der Waals surface area contributed by atoms with E-state index in [4.69, 9.17) is 9.47 Å². The molecule has 9 heteroatoms. The number of thiazole rings is 1. The molecule has 0 spiro atoms. The van der Waals surface area contributed by atoms with Gasteiger partial charge in [0, 0.05) is 26.0 Å². The smallest absolute Gasteiger partial charge is 0.305 e. The Labute approximate surface area is 122 Å². The van der Waals surface area contributed by atoms with Crippen LogP contribution < -0.4 is 9.60 Å². The van der Waals surface area contributed by atoms with Gasteiger partial charge in [-0.3, -0.25) is 4.79 Å². The van der Waals surface area contributed by atoms with Crippen LogP contribution in [0.4, 0.5) is 0 Å². The second kappa shape index (κ2) is 8.53. The molecule has 0 aliphatic carbocycles. The number of hydrogen-bond donors (Lipinski definition) is 2. The maximum atomic E-state index is 11.9. The van der Waals surface area contributed by atoms with E-state index >= 15 is 0 Å². The summed E-state index contributed by atoms with van der Waals surface area (Å²) in [6.45, 7) is 3.55. The summed E-state index contributed by atoms with van der Waals surface area (Å²) in [7, 11) is -1.99. The summed E-state index contributed by atoms with van der Waals surface area (Å²) >= 11 is 0.699. The predicted molar refractivity (Wildman–Crippen MR) is 76.8 cm³/mol. The first-order valence-corrected chi connectivity index (χ1v) is 8.53. The van der Waals surface area contributed by atoms with Gasteiger partial charge in [-0.15, -0.1) is 0 Å². The van der Waals surface area contributed by atoms with Crippen LogP contribution in [0, 0.1) is 6.92 Å². The van der Waals surface area contributed by atoms with Crippen LogP contribution in [-0.2, 0) is 19.5 Å². The van der Waals surface area contributed by atoms with Crippen molar-refractivity contribution in [3.63, 3.8) is 0 Å². The lowest BCUT2D eigenvalue weighted by molar-refractivity contribution is 0.0689. The number of H-pyrrole nitrogens is 1. The van der Waals surface area contributed by atoms with Crippen LogP contribution in [0.3, 0.4) is 0 Å². The lowest BCUT2D eigenvalue weighted by atomic mass is 10.3.